The Morgan fingerprint density at radius 1 is 0.913 bits per heavy atom. The van der Waals surface area contributed by atoms with Crippen molar-refractivity contribution >= 4 is 29.1 Å². The Balaban J connectivity index is 2.00. The molecule has 114 valence electrons. The van der Waals surface area contributed by atoms with Gasteiger partial charge in [0.25, 0.3) is 0 Å². The fourth-order valence-electron chi connectivity index (χ4n) is 2.84. The van der Waals surface area contributed by atoms with E-state index >= 15 is 0 Å². The van der Waals surface area contributed by atoms with E-state index in [1.807, 2.05) is 66.5 Å². The normalized spacial score (nSPS) is 16.6. The van der Waals surface area contributed by atoms with E-state index in [-0.39, 0.29) is 0 Å². The second kappa shape index (κ2) is 4.98. The van der Waals surface area contributed by atoms with Crippen LogP contribution >= 0.6 is 0 Å². The lowest BCUT2D eigenvalue weighted by Gasteiger charge is -2.36. The molecule has 0 radical (unpaired) electrons. The van der Waals surface area contributed by atoms with Gasteiger partial charge >= 0.3 is 6.09 Å². The van der Waals surface area contributed by atoms with E-state index < -0.39 is 6.09 Å². The molecule has 1 amide bonds. The number of benzene rings is 2. The van der Waals surface area contributed by atoms with E-state index in [9.17, 15) is 4.79 Å². The number of carbonyl (C=O) groups is 1. The minimum atomic E-state index is -0.431. The molecule has 0 atom stereocenters. The largest absolute Gasteiger partial charge is 0.420 e. The number of rotatable bonds is 1. The highest BCUT2D eigenvalue weighted by molar-refractivity contribution is 6.18. The number of para-hydroxylation sites is 2. The van der Waals surface area contributed by atoms with Crippen molar-refractivity contribution in [2.75, 3.05) is 19.0 Å². The molecule has 0 aliphatic carbocycles. The number of aliphatic imine (C=N–C) groups is 1. The highest BCUT2D eigenvalue weighted by Crippen LogP contribution is 2.40. The molecule has 5 heteroatoms. The molecule has 0 spiro atoms. The maximum absolute atomic E-state index is 12.2. The van der Waals surface area contributed by atoms with Crippen LogP contribution < -0.4 is 4.90 Å². The van der Waals surface area contributed by atoms with Crippen LogP contribution in [0, 0.1) is 0 Å². The van der Waals surface area contributed by atoms with Gasteiger partial charge in [-0.1, -0.05) is 42.5 Å². The van der Waals surface area contributed by atoms with Crippen molar-refractivity contribution in [2.24, 2.45) is 4.99 Å². The van der Waals surface area contributed by atoms with Crippen LogP contribution in [0.1, 0.15) is 5.56 Å². The number of hydrogen-bond donors (Lipinski definition) is 0. The molecule has 2 aromatic carbocycles. The van der Waals surface area contributed by atoms with Gasteiger partial charge in [0.05, 0.1) is 11.4 Å². The fraction of sp³-hybridized carbons (Fsp3) is 0.111. The lowest BCUT2D eigenvalue weighted by molar-refractivity contribution is 0.169. The van der Waals surface area contributed by atoms with Crippen molar-refractivity contribution < 1.29 is 9.53 Å². The monoisotopic (exact) mass is 305 g/mol. The number of cyclic esters (lactones) is 1. The molecule has 2 aliphatic heterocycles. The quantitative estimate of drug-likeness (QED) is 0.808. The van der Waals surface area contributed by atoms with Crippen LogP contribution in [0.5, 0.6) is 0 Å². The lowest BCUT2D eigenvalue weighted by Crippen LogP contribution is -2.44. The molecule has 23 heavy (non-hydrogen) atoms. The summed E-state index contributed by atoms with van der Waals surface area (Å²) in [6, 6.07) is 17.5. The number of fused-ring (bicyclic) bond motifs is 2. The first kappa shape index (κ1) is 13.6. The number of ether oxygens (including phenoxy) is 1. The first-order valence-corrected chi connectivity index (χ1v) is 7.34. The molecule has 2 aromatic rings. The zero-order valence-electron chi connectivity index (χ0n) is 12.9. The summed E-state index contributed by atoms with van der Waals surface area (Å²) >= 11 is 0. The van der Waals surface area contributed by atoms with E-state index in [1.54, 1.807) is 7.05 Å². The van der Waals surface area contributed by atoms with Gasteiger partial charge in [0.15, 0.2) is 11.6 Å². The smallest absolute Gasteiger partial charge is 0.407 e. The second-order valence-electron chi connectivity index (χ2n) is 5.45. The van der Waals surface area contributed by atoms with Crippen LogP contribution in [0.4, 0.5) is 16.2 Å². The molecule has 0 bridgehead atoms. The Bertz CT molecular complexity index is 856. The van der Waals surface area contributed by atoms with Crippen LogP contribution in [-0.4, -0.2) is 30.9 Å². The summed E-state index contributed by atoms with van der Waals surface area (Å²) < 4.78 is 5.58. The third-order valence-corrected chi connectivity index (χ3v) is 4.05. The maximum Gasteiger partial charge on any atom is 0.420 e. The van der Waals surface area contributed by atoms with Gasteiger partial charge < -0.3 is 9.64 Å². The Morgan fingerprint density at radius 3 is 2.39 bits per heavy atom. The molecular weight excluding hydrogens is 290 g/mol. The number of likely N-dealkylation sites (N-methyl/N-ethyl adjacent to an activating group) is 2. The molecule has 0 unspecified atom stereocenters. The molecule has 0 saturated heterocycles. The number of amidine groups is 1. The van der Waals surface area contributed by atoms with Gasteiger partial charge in [0.2, 0.25) is 0 Å². The van der Waals surface area contributed by atoms with Crippen LogP contribution in [0.2, 0.25) is 0 Å². The minimum Gasteiger partial charge on any atom is -0.407 e. The number of amides is 1. The Labute approximate surface area is 134 Å². The third kappa shape index (κ3) is 2.01. The van der Waals surface area contributed by atoms with Crippen molar-refractivity contribution in [3.8, 4) is 0 Å². The molecule has 0 fully saturated rings. The number of nitrogens with zero attached hydrogens (tertiary/aromatic N) is 3. The van der Waals surface area contributed by atoms with Crippen molar-refractivity contribution in [2.45, 2.75) is 0 Å². The zero-order valence-corrected chi connectivity index (χ0v) is 12.9. The van der Waals surface area contributed by atoms with Gasteiger partial charge in [0.1, 0.15) is 5.70 Å². The van der Waals surface area contributed by atoms with Crippen molar-refractivity contribution in [1.82, 2.24) is 4.90 Å². The summed E-state index contributed by atoms with van der Waals surface area (Å²) in [6.07, 6.45) is -0.431. The van der Waals surface area contributed by atoms with E-state index in [4.69, 9.17) is 4.74 Å². The van der Waals surface area contributed by atoms with Crippen molar-refractivity contribution in [3.63, 3.8) is 0 Å². The standard InChI is InChI=1S/C18H15N3O2/c1-20-14-11-7-6-10-13(14)19-17-15(20)16(23-18(22)21(17)2)12-8-4-3-5-9-12/h3-11H,1-2H3. The van der Waals surface area contributed by atoms with E-state index in [1.165, 1.54) is 4.90 Å². The fourth-order valence-corrected chi connectivity index (χ4v) is 2.84. The Hall–Kier alpha value is -3.08. The predicted octanol–water partition coefficient (Wildman–Crippen LogP) is 3.62. The second-order valence-corrected chi connectivity index (χ2v) is 5.45. The topological polar surface area (TPSA) is 45.1 Å². The van der Waals surface area contributed by atoms with Gasteiger partial charge in [-0.25, -0.2) is 9.79 Å². The average molecular weight is 305 g/mol. The minimum absolute atomic E-state index is 0.431. The molecule has 2 heterocycles. The maximum atomic E-state index is 12.2. The van der Waals surface area contributed by atoms with Crippen LogP contribution in [0.15, 0.2) is 65.3 Å². The lowest BCUT2D eigenvalue weighted by atomic mass is 10.1. The summed E-state index contributed by atoms with van der Waals surface area (Å²) in [5.41, 5.74) is 3.45. The van der Waals surface area contributed by atoms with Gasteiger partial charge in [-0.2, -0.15) is 0 Å². The zero-order chi connectivity index (χ0) is 16.0. The summed E-state index contributed by atoms with van der Waals surface area (Å²) in [4.78, 5) is 20.3. The van der Waals surface area contributed by atoms with E-state index in [0.29, 0.717) is 11.6 Å². The number of anilines is 1. The molecule has 5 nitrogen and oxygen atoms in total. The molecule has 0 N–H and O–H groups in total. The average Bonchev–Trinajstić information content (AvgIpc) is 2.59. The number of hydrogen-bond acceptors (Lipinski definition) is 4. The van der Waals surface area contributed by atoms with Gasteiger partial charge in [0, 0.05) is 19.7 Å². The van der Waals surface area contributed by atoms with Crippen LogP contribution in [-0.2, 0) is 4.74 Å². The van der Waals surface area contributed by atoms with Gasteiger partial charge in [-0.15, -0.1) is 0 Å². The Morgan fingerprint density at radius 2 is 1.61 bits per heavy atom. The highest BCUT2D eigenvalue weighted by Gasteiger charge is 2.37. The van der Waals surface area contributed by atoms with Crippen LogP contribution in [0.3, 0.4) is 0 Å². The molecule has 4 rings (SSSR count). The van der Waals surface area contributed by atoms with Crippen LogP contribution in [0.25, 0.3) is 5.76 Å². The molecule has 2 aliphatic rings. The first-order valence-electron chi connectivity index (χ1n) is 7.34. The van der Waals surface area contributed by atoms with Crippen molar-refractivity contribution in [3.05, 3.63) is 65.9 Å². The predicted molar refractivity (Wildman–Crippen MR) is 89.5 cm³/mol. The van der Waals surface area contributed by atoms with Crippen molar-refractivity contribution in [1.29, 1.82) is 0 Å². The van der Waals surface area contributed by atoms with Gasteiger partial charge in [-0.05, 0) is 12.1 Å². The number of carbonyl (C=O) groups excluding carboxylic acids is 1. The SMILES string of the molecule is CN1C(=O)OC(c2ccccc2)=C2C1=Nc1ccccc1N2C. The Kier molecular flexibility index (Phi) is 2.94. The highest BCUT2D eigenvalue weighted by atomic mass is 16.6. The summed E-state index contributed by atoms with van der Waals surface area (Å²) in [5, 5.41) is 0. The summed E-state index contributed by atoms with van der Waals surface area (Å²) in [6.45, 7) is 0. The summed E-state index contributed by atoms with van der Waals surface area (Å²) in [7, 11) is 3.63. The molecule has 0 saturated carbocycles. The molecular formula is C18H15N3O2. The summed E-state index contributed by atoms with van der Waals surface area (Å²) in [5.74, 6) is 1.13. The first-order chi connectivity index (χ1) is 11.2. The third-order valence-electron chi connectivity index (χ3n) is 4.05. The van der Waals surface area contributed by atoms with Gasteiger partial charge in [-0.3, -0.25) is 4.90 Å². The molecule has 0 aromatic heterocycles. The van der Waals surface area contributed by atoms with E-state index in [0.717, 1.165) is 22.6 Å². The van der Waals surface area contributed by atoms with E-state index in [2.05, 4.69) is 4.99 Å².